The van der Waals surface area contributed by atoms with Crippen molar-refractivity contribution in [2.45, 2.75) is 13.0 Å². The summed E-state index contributed by atoms with van der Waals surface area (Å²) in [5.41, 5.74) is 0.312. The maximum absolute atomic E-state index is 13.6. The Morgan fingerprint density at radius 2 is 2.12 bits per heavy atom. The number of hydrogen-bond acceptors (Lipinski definition) is 7. The maximum Gasteiger partial charge on any atom is 0.324 e. The van der Waals surface area contributed by atoms with E-state index in [-0.39, 0.29) is 23.6 Å². The second-order valence-corrected chi connectivity index (χ2v) is 7.99. The van der Waals surface area contributed by atoms with Crippen LogP contribution in [0.1, 0.15) is 6.92 Å². The molecular weight excluding hydrogens is 368 g/mol. The van der Waals surface area contributed by atoms with Gasteiger partial charge in [-0.25, -0.2) is 22.2 Å². The average molecular weight is 383 g/mol. The van der Waals surface area contributed by atoms with E-state index in [4.69, 9.17) is 4.74 Å². The highest BCUT2D eigenvalue weighted by molar-refractivity contribution is 7.90. The van der Waals surface area contributed by atoms with Gasteiger partial charge in [0.15, 0.2) is 23.0 Å². The maximum atomic E-state index is 13.6. The molecule has 11 heteroatoms. The fraction of sp³-hybridized carbons (Fsp3) is 0.267. The molecule has 0 radical (unpaired) electrons. The van der Waals surface area contributed by atoms with Crippen LogP contribution >= 0.6 is 0 Å². The van der Waals surface area contributed by atoms with Gasteiger partial charge in [0.2, 0.25) is 0 Å². The number of aromatic nitrogens is 4. The largest absolute Gasteiger partial charge is 0.421 e. The Hall–Kier alpha value is -2.82. The first-order valence-electron chi connectivity index (χ1n) is 7.49. The van der Waals surface area contributed by atoms with Crippen molar-refractivity contribution >= 4 is 26.7 Å². The van der Waals surface area contributed by atoms with Crippen LogP contribution in [-0.4, -0.2) is 46.6 Å². The van der Waals surface area contributed by atoms with Crippen LogP contribution in [0.15, 0.2) is 24.4 Å². The van der Waals surface area contributed by atoms with E-state index in [1.165, 1.54) is 6.20 Å². The monoisotopic (exact) mass is 383 g/mol. The van der Waals surface area contributed by atoms with Crippen LogP contribution in [0.25, 0.3) is 11.0 Å². The van der Waals surface area contributed by atoms with Crippen molar-refractivity contribution in [2.24, 2.45) is 0 Å². The third-order valence-corrected chi connectivity index (χ3v) is 4.43. The lowest BCUT2D eigenvalue weighted by molar-refractivity contribution is 0.409. The summed E-state index contributed by atoms with van der Waals surface area (Å²) in [5.74, 6) is -1.50. The summed E-state index contributed by atoms with van der Waals surface area (Å²) in [6, 6.07) is 2.35. The first-order valence-corrected chi connectivity index (χ1v) is 9.55. The normalized spacial score (nSPS) is 12.9. The van der Waals surface area contributed by atoms with Crippen LogP contribution < -0.4 is 10.1 Å². The molecule has 0 fully saturated rings. The quantitative estimate of drug-likeness (QED) is 0.672. The predicted octanol–water partition coefficient (Wildman–Crippen LogP) is 2.27. The second-order valence-electron chi connectivity index (χ2n) is 5.80. The first-order chi connectivity index (χ1) is 12.2. The highest BCUT2D eigenvalue weighted by Crippen LogP contribution is 2.25. The van der Waals surface area contributed by atoms with Gasteiger partial charge in [-0.05, 0) is 19.1 Å². The van der Waals surface area contributed by atoms with Gasteiger partial charge in [0, 0.05) is 24.6 Å². The lowest BCUT2D eigenvalue weighted by Crippen LogP contribution is -2.25. The summed E-state index contributed by atoms with van der Waals surface area (Å²) in [6.07, 6.45) is 2.55. The molecule has 0 aliphatic carbocycles. The molecule has 0 amide bonds. The zero-order valence-corrected chi connectivity index (χ0v) is 14.6. The van der Waals surface area contributed by atoms with E-state index < -0.39 is 21.5 Å². The molecule has 0 aliphatic heterocycles. The number of sulfone groups is 1. The fourth-order valence-electron chi connectivity index (χ4n) is 2.34. The Morgan fingerprint density at radius 1 is 1.35 bits per heavy atom. The summed E-state index contributed by atoms with van der Waals surface area (Å²) in [7, 11) is -3.14. The molecule has 0 spiro atoms. The third kappa shape index (κ3) is 4.23. The molecule has 0 aliphatic rings. The van der Waals surface area contributed by atoms with E-state index in [0.29, 0.717) is 22.9 Å². The highest BCUT2D eigenvalue weighted by atomic mass is 32.2. The molecule has 0 saturated carbocycles. The molecular formula is C15H15F2N5O3S. The molecule has 1 atom stereocenters. The van der Waals surface area contributed by atoms with Crippen molar-refractivity contribution in [3.63, 3.8) is 0 Å². The Labute approximate surface area is 147 Å². The first kappa shape index (κ1) is 18.0. The Bertz CT molecular complexity index is 1050. The predicted molar refractivity (Wildman–Crippen MR) is 90.9 cm³/mol. The van der Waals surface area contributed by atoms with Crippen LogP contribution in [0.2, 0.25) is 0 Å². The number of benzene rings is 1. The molecule has 2 N–H and O–H groups in total. The van der Waals surface area contributed by atoms with E-state index in [2.05, 4.69) is 25.5 Å². The molecule has 2 heterocycles. The van der Waals surface area contributed by atoms with Crippen LogP contribution in [0, 0.1) is 11.6 Å². The van der Waals surface area contributed by atoms with Gasteiger partial charge in [-0.3, -0.25) is 5.10 Å². The van der Waals surface area contributed by atoms with E-state index in [1.54, 1.807) is 6.92 Å². The topological polar surface area (TPSA) is 110 Å². The molecule has 1 aromatic carbocycles. The molecule has 138 valence electrons. The zero-order valence-electron chi connectivity index (χ0n) is 13.8. The molecule has 26 heavy (non-hydrogen) atoms. The van der Waals surface area contributed by atoms with Crippen LogP contribution in [0.3, 0.4) is 0 Å². The third-order valence-electron chi connectivity index (χ3n) is 3.33. The van der Waals surface area contributed by atoms with Crippen molar-refractivity contribution in [3.8, 4) is 11.8 Å². The number of halogens is 2. The van der Waals surface area contributed by atoms with Crippen LogP contribution in [-0.2, 0) is 9.84 Å². The van der Waals surface area contributed by atoms with Crippen molar-refractivity contribution in [3.05, 3.63) is 36.0 Å². The summed E-state index contributed by atoms with van der Waals surface area (Å²) >= 11 is 0. The summed E-state index contributed by atoms with van der Waals surface area (Å²) in [6.45, 7) is 1.71. The molecule has 0 unspecified atom stereocenters. The number of H-pyrrole nitrogens is 1. The Kier molecular flexibility index (Phi) is 4.72. The Balaban J connectivity index is 1.80. The number of rotatable bonds is 6. The van der Waals surface area contributed by atoms with Crippen molar-refractivity contribution in [1.82, 2.24) is 20.2 Å². The molecule has 2 aromatic heterocycles. The second kappa shape index (κ2) is 6.83. The Morgan fingerprint density at radius 3 is 2.81 bits per heavy atom. The van der Waals surface area contributed by atoms with Gasteiger partial charge in [0.1, 0.15) is 15.7 Å². The lowest BCUT2D eigenvalue weighted by atomic mass is 10.3. The van der Waals surface area contributed by atoms with Gasteiger partial charge >= 0.3 is 6.01 Å². The number of aromatic amines is 1. The van der Waals surface area contributed by atoms with E-state index >= 15 is 0 Å². The van der Waals surface area contributed by atoms with E-state index in [9.17, 15) is 17.2 Å². The summed E-state index contributed by atoms with van der Waals surface area (Å²) in [5, 5.41) is 10.2. The average Bonchev–Trinajstić information content (AvgIpc) is 2.90. The van der Waals surface area contributed by atoms with Gasteiger partial charge in [0.05, 0.1) is 11.1 Å². The minimum absolute atomic E-state index is 0.0623. The van der Waals surface area contributed by atoms with Crippen molar-refractivity contribution in [2.75, 3.05) is 17.3 Å². The number of fused-ring (bicyclic) bond motifs is 1. The fourth-order valence-corrected chi connectivity index (χ4v) is 3.33. The molecule has 8 nitrogen and oxygen atoms in total. The minimum atomic E-state index is -3.14. The minimum Gasteiger partial charge on any atom is -0.421 e. The molecule has 0 bridgehead atoms. The number of ether oxygens (including phenoxy) is 1. The van der Waals surface area contributed by atoms with Gasteiger partial charge in [-0.2, -0.15) is 10.1 Å². The van der Waals surface area contributed by atoms with Gasteiger partial charge in [0.25, 0.3) is 0 Å². The standard InChI is InChI=1S/C15H15F2N5O3S/c1-8(7-26(2,23)24)19-13-10-6-18-15(20-14(10)22-21-13)25-12-4-3-9(16)5-11(12)17/h3-6,8H,7H2,1-2H3,(H2,18,19,20,21,22)/t8-/m0/s1. The summed E-state index contributed by atoms with van der Waals surface area (Å²) < 4.78 is 54.4. The van der Waals surface area contributed by atoms with E-state index in [1.807, 2.05) is 0 Å². The van der Waals surface area contributed by atoms with Gasteiger partial charge < -0.3 is 10.1 Å². The van der Waals surface area contributed by atoms with Crippen molar-refractivity contribution in [1.29, 1.82) is 0 Å². The van der Waals surface area contributed by atoms with Crippen LogP contribution in [0.4, 0.5) is 14.6 Å². The summed E-state index contributed by atoms with van der Waals surface area (Å²) in [4.78, 5) is 8.03. The van der Waals surface area contributed by atoms with Gasteiger partial charge in [-0.15, -0.1) is 0 Å². The molecule has 0 saturated heterocycles. The smallest absolute Gasteiger partial charge is 0.324 e. The lowest BCUT2D eigenvalue weighted by Gasteiger charge is -2.11. The molecule has 3 aromatic rings. The number of hydrogen-bond donors (Lipinski definition) is 2. The van der Waals surface area contributed by atoms with E-state index in [0.717, 1.165) is 18.4 Å². The number of anilines is 1. The highest BCUT2D eigenvalue weighted by Gasteiger charge is 2.15. The number of nitrogens with one attached hydrogen (secondary N) is 2. The zero-order chi connectivity index (χ0) is 18.9. The number of nitrogens with zero attached hydrogens (tertiary/aromatic N) is 3. The van der Waals surface area contributed by atoms with Crippen molar-refractivity contribution < 1.29 is 21.9 Å². The molecule has 3 rings (SSSR count). The SMILES string of the molecule is C[C@@H](CS(C)(=O)=O)Nc1n[nH]c2nc(Oc3ccc(F)cc3F)ncc12. The van der Waals surface area contributed by atoms with Crippen LogP contribution in [0.5, 0.6) is 11.8 Å². The van der Waals surface area contributed by atoms with Gasteiger partial charge in [-0.1, -0.05) is 0 Å².